The number of nitrogens with zero attached hydrogens (tertiary/aromatic N) is 3. The van der Waals surface area contributed by atoms with Crippen LogP contribution >= 0.6 is 11.8 Å². The van der Waals surface area contributed by atoms with Crippen molar-refractivity contribution in [1.29, 1.82) is 0 Å². The molecule has 0 unspecified atom stereocenters. The van der Waals surface area contributed by atoms with Crippen molar-refractivity contribution in [3.63, 3.8) is 0 Å². The van der Waals surface area contributed by atoms with E-state index in [1.54, 1.807) is 35.2 Å². The molecule has 2 saturated heterocycles. The first kappa shape index (κ1) is 23.4. The zero-order valence-corrected chi connectivity index (χ0v) is 19.2. The summed E-state index contributed by atoms with van der Waals surface area (Å²) in [6.45, 7) is 1.95. The lowest BCUT2D eigenvalue weighted by Crippen LogP contribution is -2.51. The fraction of sp³-hybridized carbons (Fsp3) is 0.250. The van der Waals surface area contributed by atoms with E-state index in [-0.39, 0.29) is 24.0 Å². The van der Waals surface area contributed by atoms with Gasteiger partial charge in [-0.3, -0.25) is 24.1 Å². The van der Waals surface area contributed by atoms with Crippen molar-refractivity contribution in [2.75, 3.05) is 44.2 Å². The highest BCUT2D eigenvalue weighted by Gasteiger charge is 2.37. The minimum atomic E-state index is -0.578. The Morgan fingerprint density at radius 1 is 0.971 bits per heavy atom. The Morgan fingerprint density at radius 2 is 1.65 bits per heavy atom. The molecule has 0 aromatic heterocycles. The summed E-state index contributed by atoms with van der Waals surface area (Å²) in [6.07, 6.45) is 1.59. The Balaban J connectivity index is 1.33. The van der Waals surface area contributed by atoms with Crippen LogP contribution in [-0.2, 0) is 14.4 Å². The van der Waals surface area contributed by atoms with Gasteiger partial charge in [0.15, 0.2) is 6.61 Å². The van der Waals surface area contributed by atoms with Crippen molar-refractivity contribution in [3.05, 3.63) is 65.1 Å². The van der Waals surface area contributed by atoms with Gasteiger partial charge in [0.2, 0.25) is 5.91 Å². The number of imide groups is 1. The second-order valence-electron chi connectivity index (χ2n) is 7.80. The second-order valence-corrected chi connectivity index (χ2v) is 8.79. The zero-order chi connectivity index (χ0) is 24.1. The van der Waals surface area contributed by atoms with Crippen molar-refractivity contribution < 1.29 is 23.9 Å². The molecule has 0 spiro atoms. The van der Waals surface area contributed by atoms with Crippen LogP contribution in [0.5, 0.6) is 5.75 Å². The molecule has 4 amide bonds. The average Bonchev–Trinajstić information content (AvgIpc) is 3.11. The van der Waals surface area contributed by atoms with E-state index >= 15 is 0 Å². The molecule has 2 N–H and O–H groups in total. The minimum absolute atomic E-state index is 0.229. The summed E-state index contributed by atoms with van der Waals surface area (Å²) in [4.78, 5) is 53.9. The van der Waals surface area contributed by atoms with E-state index in [0.717, 1.165) is 22.3 Å². The Hall–Kier alpha value is -3.79. The van der Waals surface area contributed by atoms with Crippen LogP contribution in [0.25, 0.3) is 6.08 Å². The average molecular weight is 481 g/mol. The van der Waals surface area contributed by atoms with Crippen LogP contribution in [0.2, 0.25) is 0 Å². The van der Waals surface area contributed by atoms with Gasteiger partial charge < -0.3 is 20.3 Å². The summed E-state index contributed by atoms with van der Waals surface area (Å²) in [5.74, 6) is -0.847. The number of hydrogen-bond acceptors (Lipinski definition) is 7. The molecule has 4 rings (SSSR count). The van der Waals surface area contributed by atoms with Gasteiger partial charge in [-0.1, -0.05) is 30.3 Å². The standard InChI is InChI=1S/C24H24N4O5S/c25-21(29)16-33-19-8-6-17(7-9-19)14-20-23(31)28(24(32)34-20)15-22(30)27-12-10-26(11-13-27)18-4-2-1-3-5-18/h1-9,14H,10-13,15-16H2,(H2,25,29). The van der Waals surface area contributed by atoms with E-state index < -0.39 is 17.1 Å². The van der Waals surface area contributed by atoms with Gasteiger partial charge in [-0.25, -0.2) is 0 Å². The van der Waals surface area contributed by atoms with Crippen LogP contribution in [0.4, 0.5) is 10.5 Å². The molecule has 0 bridgehead atoms. The van der Waals surface area contributed by atoms with E-state index in [9.17, 15) is 19.2 Å². The van der Waals surface area contributed by atoms with Gasteiger partial charge in [-0.15, -0.1) is 0 Å². The summed E-state index contributed by atoms with van der Waals surface area (Å²) in [5, 5.41) is -0.464. The third-order valence-electron chi connectivity index (χ3n) is 5.48. The van der Waals surface area contributed by atoms with Crippen LogP contribution in [-0.4, -0.2) is 72.1 Å². The van der Waals surface area contributed by atoms with E-state index in [2.05, 4.69) is 4.90 Å². The van der Waals surface area contributed by atoms with Crippen molar-refractivity contribution in [3.8, 4) is 5.75 Å². The van der Waals surface area contributed by atoms with Gasteiger partial charge in [0.1, 0.15) is 12.3 Å². The number of amides is 4. The molecular weight excluding hydrogens is 456 g/mol. The number of benzene rings is 2. The molecule has 2 heterocycles. The van der Waals surface area contributed by atoms with Crippen LogP contribution in [0.1, 0.15) is 5.56 Å². The quantitative estimate of drug-likeness (QED) is 0.603. The summed E-state index contributed by atoms with van der Waals surface area (Å²) in [5.41, 5.74) is 6.84. The number of anilines is 1. The SMILES string of the molecule is NC(=O)COc1ccc(C=C2SC(=O)N(CC(=O)N3CCN(c4ccccc4)CC3)C2=O)cc1. The first-order valence-corrected chi connectivity index (χ1v) is 11.6. The molecule has 2 aliphatic rings. The van der Waals surface area contributed by atoms with Gasteiger partial charge in [0, 0.05) is 31.9 Å². The second kappa shape index (κ2) is 10.4. The summed E-state index contributed by atoms with van der Waals surface area (Å²) >= 11 is 0.808. The number of primary amides is 1. The lowest BCUT2D eigenvalue weighted by molar-refractivity contribution is -0.136. The molecule has 2 aliphatic heterocycles. The van der Waals surface area contributed by atoms with Gasteiger partial charge >= 0.3 is 0 Å². The van der Waals surface area contributed by atoms with E-state index in [1.165, 1.54) is 0 Å². The molecule has 0 atom stereocenters. The van der Waals surface area contributed by atoms with E-state index in [4.69, 9.17) is 10.5 Å². The molecule has 176 valence electrons. The van der Waals surface area contributed by atoms with Crippen LogP contribution < -0.4 is 15.4 Å². The lowest BCUT2D eigenvalue weighted by atomic mass is 10.2. The van der Waals surface area contributed by atoms with Crippen molar-refractivity contribution in [2.24, 2.45) is 5.73 Å². The number of rotatable bonds is 7. The minimum Gasteiger partial charge on any atom is -0.484 e. The molecule has 2 aromatic carbocycles. The number of carbonyl (C=O) groups excluding carboxylic acids is 4. The largest absolute Gasteiger partial charge is 0.484 e. The van der Waals surface area contributed by atoms with Crippen molar-refractivity contribution >= 4 is 46.5 Å². The monoisotopic (exact) mass is 480 g/mol. The van der Waals surface area contributed by atoms with Gasteiger partial charge in [-0.2, -0.15) is 0 Å². The van der Waals surface area contributed by atoms with Gasteiger partial charge in [-0.05, 0) is 47.7 Å². The van der Waals surface area contributed by atoms with Crippen LogP contribution in [0, 0.1) is 0 Å². The molecule has 0 aliphatic carbocycles. The number of piperazine rings is 1. The third-order valence-corrected chi connectivity index (χ3v) is 6.39. The lowest BCUT2D eigenvalue weighted by Gasteiger charge is -2.36. The molecule has 2 aromatic rings. The number of ether oxygens (including phenoxy) is 1. The molecule has 9 nitrogen and oxygen atoms in total. The molecule has 10 heteroatoms. The summed E-state index contributed by atoms with van der Waals surface area (Å²) in [6, 6.07) is 16.7. The number of carbonyl (C=O) groups is 4. The van der Waals surface area contributed by atoms with Crippen LogP contribution in [0.15, 0.2) is 59.5 Å². The van der Waals surface area contributed by atoms with Gasteiger partial charge in [0.25, 0.3) is 17.1 Å². The fourth-order valence-corrected chi connectivity index (χ4v) is 4.53. The molecule has 34 heavy (non-hydrogen) atoms. The Kier molecular flexibility index (Phi) is 7.17. The highest BCUT2D eigenvalue weighted by atomic mass is 32.2. The van der Waals surface area contributed by atoms with Gasteiger partial charge in [0.05, 0.1) is 4.91 Å². The predicted octanol–water partition coefficient (Wildman–Crippen LogP) is 1.94. The Bertz CT molecular complexity index is 1110. The van der Waals surface area contributed by atoms with Crippen molar-refractivity contribution in [2.45, 2.75) is 0 Å². The topological polar surface area (TPSA) is 113 Å². The predicted molar refractivity (Wildman–Crippen MR) is 129 cm³/mol. The van der Waals surface area contributed by atoms with Crippen LogP contribution in [0.3, 0.4) is 0 Å². The molecule has 2 fully saturated rings. The number of para-hydroxylation sites is 1. The maximum atomic E-state index is 12.8. The fourth-order valence-electron chi connectivity index (χ4n) is 3.69. The third kappa shape index (κ3) is 5.57. The highest BCUT2D eigenvalue weighted by Crippen LogP contribution is 2.32. The summed E-state index contributed by atoms with van der Waals surface area (Å²) in [7, 11) is 0. The maximum absolute atomic E-state index is 12.8. The molecule has 0 radical (unpaired) electrons. The zero-order valence-electron chi connectivity index (χ0n) is 18.4. The van der Waals surface area contributed by atoms with E-state index in [0.29, 0.717) is 37.5 Å². The first-order valence-electron chi connectivity index (χ1n) is 10.7. The Morgan fingerprint density at radius 3 is 2.29 bits per heavy atom. The number of thioether (sulfide) groups is 1. The van der Waals surface area contributed by atoms with Crippen molar-refractivity contribution in [1.82, 2.24) is 9.80 Å². The normalized spacial score (nSPS) is 17.4. The first-order chi connectivity index (χ1) is 16.4. The smallest absolute Gasteiger partial charge is 0.294 e. The maximum Gasteiger partial charge on any atom is 0.294 e. The molecular formula is C24H24N4O5S. The molecule has 0 saturated carbocycles. The number of hydrogen-bond donors (Lipinski definition) is 1. The Labute approximate surface area is 201 Å². The van der Waals surface area contributed by atoms with E-state index in [1.807, 2.05) is 30.3 Å². The summed E-state index contributed by atoms with van der Waals surface area (Å²) < 4.78 is 5.21. The highest BCUT2D eigenvalue weighted by molar-refractivity contribution is 8.18. The number of nitrogens with two attached hydrogens (primary N) is 1.